The van der Waals surface area contributed by atoms with Crippen LogP contribution in [-0.2, 0) is 4.74 Å². The van der Waals surface area contributed by atoms with Gasteiger partial charge in [-0.25, -0.2) is 0 Å². The lowest BCUT2D eigenvalue weighted by atomic mass is 10.1. The lowest BCUT2D eigenvalue weighted by Crippen LogP contribution is -2.28. The van der Waals surface area contributed by atoms with Gasteiger partial charge in [0.25, 0.3) is 5.69 Å². The molecule has 0 amide bonds. The van der Waals surface area contributed by atoms with Crippen LogP contribution in [0.15, 0.2) is 18.2 Å². The van der Waals surface area contributed by atoms with Crippen molar-refractivity contribution in [3.05, 3.63) is 33.9 Å². The molecule has 7 nitrogen and oxygen atoms in total. The summed E-state index contributed by atoms with van der Waals surface area (Å²) < 4.78 is 4.97. The number of hydrogen-bond acceptors (Lipinski definition) is 6. The molecule has 20 heavy (non-hydrogen) atoms. The maximum absolute atomic E-state index is 11.1. The van der Waals surface area contributed by atoms with Crippen molar-refractivity contribution in [3.8, 4) is 12.1 Å². The van der Waals surface area contributed by atoms with Crippen LogP contribution in [0.4, 0.5) is 11.4 Å². The number of rotatable bonds is 7. The Kier molecular flexibility index (Phi) is 5.95. The number of methoxy groups -OCH3 is 1. The molecule has 0 fully saturated rings. The molecule has 1 rings (SSSR count). The molecule has 0 radical (unpaired) electrons. The van der Waals surface area contributed by atoms with Crippen LogP contribution >= 0.6 is 0 Å². The predicted molar refractivity (Wildman–Crippen MR) is 72.1 cm³/mol. The van der Waals surface area contributed by atoms with E-state index in [1.54, 1.807) is 4.90 Å². The number of benzene rings is 1. The number of ether oxygens (including phenoxy) is 1. The second-order valence-corrected chi connectivity index (χ2v) is 3.96. The Labute approximate surface area is 116 Å². The van der Waals surface area contributed by atoms with Gasteiger partial charge < -0.3 is 9.64 Å². The fourth-order valence-electron chi connectivity index (χ4n) is 1.75. The van der Waals surface area contributed by atoms with Crippen LogP contribution in [0.1, 0.15) is 12.0 Å². The molecule has 1 aromatic rings. The van der Waals surface area contributed by atoms with Crippen molar-refractivity contribution >= 4 is 11.4 Å². The van der Waals surface area contributed by atoms with E-state index in [1.165, 1.54) is 25.3 Å². The van der Waals surface area contributed by atoms with Crippen molar-refractivity contribution in [1.82, 2.24) is 0 Å². The molecule has 0 aliphatic carbocycles. The van der Waals surface area contributed by atoms with E-state index in [-0.39, 0.29) is 17.7 Å². The Morgan fingerprint density at radius 1 is 1.40 bits per heavy atom. The summed E-state index contributed by atoms with van der Waals surface area (Å²) in [5.74, 6) is 0. The molecule has 0 N–H and O–H groups in total. The van der Waals surface area contributed by atoms with Crippen molar-refractivity contribution in [3.63, 3.8) is 0 Å². The van der Waals surface area contributed by atoms with Crippen molar-refractivity contribution in [2.24, 2.45) is 0 Å². The van der Waals surface area contributed by atoms with Gasteiger partial charge in [-0.15, -0.1) is 0 Å². The van der Waals surface area contributed by atoms with Crippen LogP contribution in [-0.4, -0.2) is 31.7 Å². The summed E-state index contributed by atoms with van der Waals surface area (Å²) in [4.78, 5) is 12.3. The van der Waals surface area contributed by atoms with E-state index in [2.05, 4.69) is 0 Å². The lowest BCUT2D eigenvalue weighted by molar-refractivity contribution is -0.384. The number of hydrogen-bond donors (Lipinski definition) is 0. The molecular formula is C13H14N4O3. The molecule has 1 aromatic carbocycles. The summed E-state index contributed by atoms with van der Waals surface area (Å²) >= 11 is 0. The molecule has 0 saturated heterocycles. The van der Waals surface area contributed by atoms with Crippen LogP contribution in [0.2, 0.25) is 0 Å². The molecule has 0 aromatic heterocycles. The summed E-state index contributed by atoms with van der Waals surface area (Å²) in [5.41, 5.74) is 0.479. The molecule has 0 spiro atoms. The van der Waals surface area contributed by atoms with Crippen LogP contribution < -0.4 is 4.90 Å². The van der Waals surface area contributed by atoms with Crippen LogP contribution in [0, 0.1) is 32.8 Å². The summed E-state index contributed by atoms with van der Waals surface area (Å²) in [6, 6.07) is 8.18. The van der Waals surface area contributed by atoms with Crippen LogP contribution in [0.3, 0.4) is 0 Å². The lowest BCUT2D eigenvalue weighted by Gasteiger charge is -2.23. The zero-order valence-corrected chi connectivity index (χ0v) is 11.1. The minimum absolute atomic E-state index is 0.141. The second kappa shape index (κ2) is 7.72. The fourth-order valence-corrected chi connectivity index (χ4v) is 1.75. The third-order valence-electron chi connectivity index (χ3n) is 2.70. The quantitative estimate of drug-likeness (QED) is 0.555. The molecule has 104 valence electrons. The van der Waals surface area contributed by atoms with Gasteiger partial charge in [0.15, 0.2) is 0 Å². The van der Waals surface area contributed by atoms with E-state index in [9.17, 15) is 10.1 Å². The molecule has 0 atom stereocenters. The predicted octanol–water partition coefficient (Wildman–Crippen LogP) is 1.83. The van der Waals surface area contributed by atoms with E-state index in [1.807, 2.05) is 12.1 Å². The third-order valence-corrected chi connectivity index (χ3v) is 2.70. The van der Waals surface area contributed by atoms with E-state index in [0.717, 1.165) is 0 Å². The Hall–Kier alpha value is -2.64. The molecule has 7 heteroatoms. The average molecular weight is 274 g/mol. The number of nitrogens with zero attached hydrogens (tertiary/aromatic N) is 4. The monoisotopic (exact) mass is 274 g/mol. The normalized spacial score (nSPS) is 9.55. The SMILES string of the molecule is COCCN(CCC#N)c1ccc(C#N)cc1[N+](=O)[O-]. The first kappa shape index (κ1) is 15.4. The molecule has 0 bridgehead atoms. The summed E-state index contributed by atoms with van der Waals surface area (Å²) in [6.45, 7) is 1.19. The van der Waals surface area contributed by atoms with Gasteiger partial charge in [-0.1, -0.05) is 0 Å². The number of nitro benzene ring substituents is 1. The highest BCUT2D eigenvalue weighted by molar-refractivity contribution is 5.65. The van der Waals surface area contributed by atoms with E-state index < -0.39 is 4.92 Å². The number of nitriles is 2. The Morgan fingerprint density at radius 2 is 2.15 bits per heavy atom. The highest BCUT2D eigenvalue weighted by atomic mass is 16.6. The summed E-state index contributed by atoms with van der Waals surface area (Å²) in [6.07, 6.45) is 0.251. The molecule has 0 aliphatic heterocycles. The van der Waals surface area contributed by atoms with Crippen LogP contribution in [0.5, 0.6) is 0 Å². The fraction of sp³-hybridized carbons (Fsp3) is 0.385. The second-order valence-electron chi connectivity index (χ2n) is 3.96. The highest BCUT2D eigenvalue weighted by Crippen LogP contribution is 2.29. The van der Waals surface area contributed by atoms with E-state index in [0.29, 0.717) is 25.4 Å². The standard InChI is InChI=1S/C13H14N4O3/c1-20-8-7-16(6-2-5-14)12-4-3-11(10-15)9-13(12)17(18)19/h3-4,9H,2,6-8H2,1H3. The minimum atomic E-state index is -0.525. The zero-order valence-electron chi connectivity index (χ0n) is 11.1. The largest absolute Gasteiger partial charge is 0.383 e. The smallest absolute Gasteiger partial charge is 0.293 e. The van der Waals surface area contributed by atoms with Gasteiger partial charge in [0.1, 0.15) is 5.69 Å². The van der Waals surface area contributed by atoms with Crippen molar-refractivity contribution in [1.29, 1.82) is 10.5 Å². The molecule has 0 heterocycles. The number of anilines is 1. The highest BCUT2D eigenvalue weighted by Gasteiger charge is 2.20. The Bertz CT molecular complexity index is 560. The van der Waals surface area contributed by atoms with Crippen molar-refractivity contribution in [2.75, 3.05) is 31.7 Å². The maximum Gasteiger partial charge on any atom is 0.293 e. The molecule has 0 aliphatic rings. The first-order chi connectivity index (χ1) is 9.63. The van der Waals surface area contributed by atoms with Gasteiger partial charge in [0, 0.05) is 26.3 Å². The molecule has 0 saturated carbocycles. The summed E-state index contributed by atoms with van der Waals surface area (Å²) in [5, 5.41) is 28.6. The van der Waals surface area contributed by atoms with Crippen molar-refractivity contribution < 1.29 is 9.66 Å². The minimum Gasteiger partial charge on any atom is -0.383 e. The first-order valence-corrected chi connectivity index (χ1v) is 5.93. The zero-order chi connectivity index (χ0) is 15.0. The first-order valence-electron chi connectivity index (χ1n) is 5.93. The molecular weight excluding hydrogens is 260 g/mol. The summed E-state index contributed by atoms with van der Waals surface area (Å²) in [7, 11) is 1.54. The topological polar surface area (TPSA) is 103 Å². The van der Waals surface area contributed by atoms with E-state index in [4.69, 9.17) is 15.3 Å². The van der Waals surface area contributed by atoms with Gasteiger partial charge in [-0.05, 0) is 12.1 Å². The Morgan fingerprint density at radius 3 is 2.70 bits per heavy atom. The molecule has 0 unspecified atom stereocenters. The third kappa shape index (κ3) is 3.94. The van der Waals surface area contributed by atoms with Crippen molar-refractivity contribution in [2.45, 2.75) is 6.42 Å². The maximum atomic E-state index is 11.1. The van der Waals surface area contributed by atoms with E-state index >= 15 is 0 Å². The number of nitro groups is 1. The van der Waals surface area contributed by atoms with Gasteiger partial charge >= 0.3 is 0 Å². The van der Waals surface area contributed by atoms with Crippen LogP contribution in [0.25, 0.3) is 0 Å². The van der Waals surface area contributed by atoms with Gasteiger partial charge in [-0.2, -0.15) is 10.5 Å². The van der Waals surface area contributed by atoms with Gasteiger partial charge in [0.05, 0.1) is 35.7 Å². The van der Waals surface area contributed by atoms with Gasteiger partial charge in [-0.3, -0.25) is 10.1 Å². The Balaban J connectivity index is 3.14. The van der Waals surface area contributed by atoms with Gasteiger partial charge in [0.2, 0.25) is 0 Å². The average Bonchev–Trinajstić information content (AvgIpc) is 2.47.